The lowest BCUT2D eigenvalue weighted by Crippen LogP contribution is -2.18. The molecule has 0 aromatic heterocycles. The predicted octanol–water partition coefficient (Wildman–Crippen LogP) is 0.617. The van der Waals surface area contributed by atoms with Crippen LogP contribution in [0.1, 0.15) is 6.92 Å². The maximum Gasteiger partial charge on any atom is 0.329 e. The minimum atomic E-state index is -0.995. The summed E-state index contributed by atoms with van der Waals surface area (Å²) in [4.78, 5) is 10.6. The number of alkyl halides is 1. The number of halogens is 1. The molecule has 0 saturated carbocycles. The largest absolute Gasteiger partial charge is 0.465 e. The van der Waals surface area contributed by atoms with E-state index >= 15 is 0 Å². The molecule has 0 spiro atoms. The second kappa shape index (κ2) is 5.05. The van der Waals surface area contributed by atoms with Gasteiger partial charge in [-0.1, -0.05) is 5.16 Å². The van der Waals surface area contributed by atoms with Crippen molar-refractivity contribution in [2.75, 3.05) is 6.61 Å². The minimum Gasteiger partial charge on any atom is -0.465 e. The molecule has 0 radical (unpaired) electrons. The normalized spacial score (nSPS) is 13.4. The molecular formula is C5H8ClNO3. The number of carbonyl (C=O) groups is 1. The van der Waals surface area contributed by atoms with E-state index < -0.39 is 11.3 Å². The van der Waals surface area contributed by atoms with Crippen LogP contribution in [0.15, 0.2) is 5.16 Å². The Balaban J connectivity index is 3.70. The molecule has 0 amide bonds. The molecule has 0 aliphatic rings. The first-order chi connectivity index (χ1) is 4.72. The van der Waals surface area contributed by atoms with Gasteiger partial charge in [-0.3, -0.25) is 4.79 Å². The van der Waals surface area contributed by atoms with Gasteiger partial charge in [0.15, 0.2) is 5.38 Å². The van der Waals surface area contributed by atoms with Gasteiger partial charge in [-0.15, -0.1) is 11.6 Å². The Hall–Kier alpha value is -0.770. The Bertz CT molecular complexity index is 137. The second-order valence-electron chi connectivity index (χ2n) is 1.42. The first-order valence-electron chi connectivity index (χ1n) is 2.70. The molecule has 1 unspecified atom stereocenters. The van der Waals surface area contributed by atoms with Gasteiger partial charge in [0.1, 0.15) is 0 Å². The maximum atomic E-state index is 10.6. The zero-order chi connectivity index (χ0) is 7.98. The van der Waals surface area contributed by atoms with Gasteiger partial charge in [-0.25, -0.2) is 0 Å². The number of hydrogen-bond donors (Lipinski definition) is 1. The highest BCUT2D eigenvalue weighted by molar-refractivity contribution is 6.38. The van der Waals surface area contributed by atoms with Crippen molar-refractivity contribution in [2.45, 2.75) is 12.3 Å². The van der Waals surface area contributed by atoms with Gasteiger partial charge in [-0.05, 0) is 6.92 Å². The van der Waals surface area contributed by atoms with E-state index in [4.69, 9.17) is 16.8 Å². The Morgan fingerprint density at radius 2 is 2.60 bits per heavy atom. The zero-order valence-electron chi connectivity index (χ0n) is 5.45. The van der Waals surface area contributed by atoms with Crippen molar-refractivity contribution in [1.82, 2.24) is 0 Å². The summed E-state index contributed by atoms with van der Waals surface area (Å²) in [6, 6.07) is 0. The summed E-state index contributed by atoms with van der Waals surface area (Å²) >= 11 is 5.33. The molecule has 0 aliphatic heterocycles. The summed E-state index contributed by atoms with van der Waals surface area (Å²) in [5.74, 6) is -0.609. The molecule has 5 heteroatoms. The van der Waals surface area contributed by atoms with E-state index in [9.17, 15) is 4.79 Å². The van der Waals surface area contributed by atoms with E-state index in [1.54, 1.807) is 6.92 Å². The van der Waals surface area contributed by atoms with Crippen LogP contribution in [0.5, 0.6) is 0 Å². The number of esters is 1. The number of carbonyl (C=O) groups excluding carboxylic acids is 1. The standard InChI is InChI=1S/C5H8ClNO3/c1-2-10-5(8)4(6)3-7-9/h3-4,9H,2H2,1H3/b7-3-. The average molecular weight is 166 g/mol. The first-order valence-corrected chi connectivity index (χ1v) is 3.14. The summed E-state index contributed by atoms with van der Waals surface area (Å²) in [5, 5.41) is 9.52. The third-order valence-corrected chi connectivity index (χ3v) is 1.00. The third kappa shape index (κ3) is 3.29. The maximum absolute atomic E-state index is 10.6. The molecule has 0 aromatic carbocycles. The van der Waals surface area contributed by atoms with Crippen molar-refractivity contribution >= 4 is 23.8 Å². The molecule has 0 bridgehead atoms. The summed E-state index contributed by atoms with van der Waals surface area (Å²) in [6.07, 6.45) is 0.888. The Labute approximate surface area is 63.4 Å². The van der Waals surface area contributed by atoms with Crippen molar-refractivity contribution in [3.05, 3.63) is 0 Å². The summed E-state index contributed by atoms with van der Waals surface area (Å²) in [6.45, 7) is 1.93. The number of hydrogen-bond acceptors (Lipinski definition) is 4. The molecule has 0 heterocycles. The van der Waals surface area contributed by atoms with Crippen LogP contribution in [0.3, 0.4) is 0 Å². The van der Waals surface area contributed by atoms with Crippen LogP contribution in [0.2, 0.25) is 0 Å². The van der Waals surface area contributed by atoms with Crippen LogP contribution >= 0.6 is 11.6 Å². The highest BCUT2D eigenvalue weighted by Gasteiger charge is 2.12. The fraction of sp³-hybridized carbons (Fsp3) is 0.600. The average Bonchev–Trinajstić information content (AvgIpc) is 1.89. The van der Waals surface area contributed by atoms with Gasteiger partial charge in [0.2, 0.25) is 0 Å². The van der Waals surface area contributed by atoms with E-state index in [1.165, 1.54) is 0 Å². The number of ether oxygens (including phenoxy) is 1. The van der Waals surface area contributed by atoms with Crippen molar-refractivity contribution in [2.24, 2.45) is 5.16 Å². The van der Waals surface area contributed by atoms with Gasteiger partial charge in [0.05, 0.1) is 12.8 Å². The van der Waals surface area contributed by atoms with Crippen LogP contribution in [-0.4, -0.2) is 29.4 Å². The van der Waals surface area contributed by atoms with Crippen LogP contribution in [0.4, 0.5) is 0 Å². The van der Waals surface area contributed by atoms with Crippen LogP contribution in [0, 0.1) is 0 Å². The molecule has 4 nitrogen and oxygen atoms in total. The molecule has 0 fully saturated rings. The zero-order valence-corrected chi connectivity index (χ0v) is 6.21. The van der Waals surface area contributed by atoms with E-state index in [1.807, 2.05) is 0 Å². The lowest BCUT2D eigenvalue weighted by molar-refractivity contribution is -0.141. The van der Waals surface area contributed by atoms with Gasteiger partial charge < -0.3 is 9.94 Å². The highest BCUT2D eigenvalue weighted by atomic mass is 35.5. The van der Waals surface area contributed by atoms with Gasteiger partial charge in [0.25, 0.3) is 0 Å². The Kier molecular flexibility index (Phi) is 4.66. The van der Waals surface area contributed by atoms with Crippen LogP contribution in [0.25, 0.3) is 0 Å². The van der Waals surface area contributed by atoms with Gasteiger partial charge >= 0.3 is 5.97 Å². The summed E-state index contributed by atoms with van der Waals surface area (Å²) in [7, 11) is 0. The SMILES string of the molecule is CCOC(=O)C(Cl)/C=N\O. The smallest absolute Gasteiger partial charge is 0.329 e. The topological polar surface area (TPSA) is 58.9 Å². The van der Waals surface area contributed by atoms with Gasteiger partial charge in [0, 0.05) is 0 Å². The second-order valence-corrected chi connectivity index (χ2v) is 1.89. The lowest BCUT2D eigenvalue weighted by atomic mass is 10.5. The molecule has 0 aromatic rings. The fourth-order valence-electron chi connectivity index (χ4n) is 0.341. The monoisotopic (exact) mass is 165 g/mol. The van der Waals surface area contributed by atoms with Crippen molar-refractivity contribution in [3.63, 3.8) is 0 Å². The van der Waals surface area contributed by atoms with Crippen LogP contribution < -0.4 is 0 Å². The summed E-state index contributed by atoms with van der Waals surface area (Å²) < 4.78 is 4.48. The van der Waals surface area contributed by atoms with E-state index in [0.717, 1.165) is 6.21 Å². The predicted molar refractivity (Wildman–Crippen MR) is 36.6 cm³/mol. The lowest BCUT2D eigenvalue weighted by Gasteiger charge is -2.00. The number of nitrogens with zero attached hydrogens (tertiary/aromatic N) is 1. The summed E-state index contributed by atoms with van der Waals surface area (Å²) in [5.41, 5.74) is 0. The van der Waals surface area contributed by atoms with E-state index in [2.05, 4.69) is 9.89 Å². The van der Waals surface area contributed by atoms with Gasteiger partial charge in [-0.2, -0.15) is 0 Å². The molecule has 0 saturated heterocycles. The van der Waals surface area contributed by atoms with Crippen LogP contribution in [-0.2, 0) is 9.53 Å². The highest BCUT2D eigenvalue weighted by Crippen LogP contribution is 1.94. The number of rotatable bonds is 3. The third-order valence-electron chi connectivity index (χ3n) is 0.709. The molecule has 58 valence electrons. The van der Waals surface area contributed by atoms with Crippen molar-refractivity contribution < 1.29 is 14.7 Å². The quantitative estimate of drug-likeness (QED) is 0.219. The van der Waals surface area contributed by atoms with Crippen molar-refractivity contribution in [1.29, 1.82) is 0 Å². The van der Waals surface area contributed by atoms with E-state index in [0.29, 0.717) is 0 Å². The van der Waals surface area contributed by atoms with Crippen molar-refractivity contribution in [3.8, 4) is 0 Å². The molecule has 0 rings (SSSR count). The molecule has 1 atom stereocenters. The number of oxime groups is 1. The molecule has 1 N–H and O–H groups in total. The molecule has 0 aliphatic carbocycles. The first kappa shape index (κ1) is 9.23. The minimum absolute atomic E-state index is 0.265. The fourth-order valence-corrected chi connectivity index (χ4v) is 0.455. The van der Waals surface area contributed by atoms with E-state index in [-0.39, 0.29) is 6.61 Å². The molecule has 10 heavy (non-hydrogen) atoms. The molecular weight excluding hydrogens is 158 g/mol. The Morgan fingerprint density at radius 1 is 2.00 bits per heavy atom. The Morgan fingerprint density at radius 3 is 3.00 bits per heavy atom.